The number of hydrogen-bond donors (Lipinski definition) is 2. The number of fused-ring (bicyclic) bond motifs is 1. The van der Waals surface area contributed by atoms with Gasteiger partial charge in [0.15, 0.2) is 11.5 Å². The standard InChI is InChI=1S/C17H24N2O4/c1-21-12-17(6-8-18-9-7-17)11-19-16(20)15-10-22-13-4-2-3-5-14(13)23-15/h2-5,15,18H,6-12H2,1H3,(H,19,20). The lowest BCUT2D eigenvalue weighted by atomic mass is 9.79. The Labute approximate surface area is 136 Å². The molecule has 0 aromatic heterocycles. The van der Waals surface area contributed by atoms with Crippen LogP contribution in [0.3, 0.4) is 0 Å². The molecule has 0 radical (unpaired) electrons. The SMILES string of the molecule is COCC1(CNC(=O)C2COc3ccccc3O2)CCNCC1. The summed E-state index contributed by atoms with van der Waals surface area (Å²) in [5, 5.41) is 6.37. The van der Waals surface area contributed by atoms with E-state index in [4.69, 9.17) is 14.2 Å². The van der Waals surface area contributed by atoms with E-state index >= 15 is 0 Å². The third kappa shape index (κ3) is 3.76. The van der Waals surface area contributed by atoms with E-state index in [9.17, 15) is 4.79 Å². The molecule has 2 heterocycles. The number of para-hydroxylation sites is 2. The van der Waals surface area contributed by atoms with E-state index in [0.717, 1.165) is 25.9 Å². The number of amides is 1. The minimum absolute atomic E-state index is 0.00307. The summed E-state index contributed by atoms with van der Waals surface area (Å²) in [6.07, 6.45) is 1.38. The summed E-state index contributed by atoms with van der Waals surface area (Å²) in [6.45, 7) is 3.40. The highest BCUT2D eigenvalue weighted by atomic mass is 16.6. The van der Waals surface area contributed by atoms with Gasteiger partial charge in [-0.25, -0.2) is 0 Å². The van der Waals surface area contributed by atoms with Gasteiger partial charge in [0, 0.05) is 19.1 Å². The van der Waals surface area contributed by atoms with E-state index in [0.29, 0.717) is 24.7 Å². The van der Waals surface area contributed by atoms with Crippen molar-refractivity contribution >= 4 is 5.91 Å². The maximum atomic E-state index is 12.4. The summed E-state index contributed by atoms with van der Waals surface area (Å²) in [5.41, 5.74) is 0.00307. The van der Waals surface area contributed by atoms with Crippen LogP contribution in [0.25, 0.3) is 0 Å². The van der Waals surface area contributed by atoms with Crippen LogP contribution in [0, 0.1) is 5.41 Å². The van der Waals surface area contributed by atoms with Gasteiger partial charge < -0.3 is 24.8 Å². The fraction of sp³-hybridized carbons (Fsp3) is 0.588. The van der Waals surface area contributed by atoms with Gasteiger partial charge in [-0.15, -0.1) is 0 Å². The van der Waals surface area contributed by atoms with E-state index in [1.54, 1.807) is 7.11 Å². The van der Waals surface area contributed by atoms with Gasteiger partial charge >= 0.3 is 0 Å². The number of rotatable bonds is 5. The molecule has 126 valence electrons. The van der Waals surface area contributed by atoms with Crippen molar-refractivity contribution in [2.24, 2.45) is 5.41 Å². The Kier molecular flexibility index (Phi) is 5.03. The normalized spacial score (nSPS) is 22.4. The molecule has 2 N–H and O–H groups in total. The molecule has 6 nitrogen and oxygen atoms in total. The Morgan fingerprint density at radius 3 is 2.83 bits per heavy atom. The zero-order valence-electron chi connectivity index (χ0n) is 13.5. The Morgan fingerprint density at radius 1 is 1.35 bits per heavy atom. The van der Waals surface area contributed by atoms with Crippen LogP contribution < -0.4 is 20.1 Å². The van der Waals surface area contributed by atoms with Crippen LogP contribution in [0.5, 0.6) is 11.5 Å². The number of piperidine rings is 1. The van der Waals surface area contributed by atoms with Crippen molar-refractivity contribution < 1.29 is 19.0 Å². The van der Waals surface area contributed by atoms with E-state index in [2.05, 4.69) is 10.6 Å². The van der Waals surface area contributed by atoms with Crippen molar-refractivity contribution in [2.45, 2.75) is 18.9 Å². The molecule has 1 fully saturated rings. The van der Waals surface area contributed by atoms with Crippen molar-refractivity contribution in [3.05, 3.63) is 24.3 Å². The Balaban J connectivity index is 1.57. The van der Waals surface area contributed by atoms with Gasteiger partial charge in [-0.1, -0.05) is 12.1 Å². The number of benzene rings is 1. The first-order valence-corrected chi connectivity index (χ1v) is 8.08. The molecule has 1 saturated heterocycles. The number of nitrogens with one attached hydrogen (secondary N) is 2. The Hall–Kier alpha value is -1.79. The molecule has 3 rings (SSSR count). The predicted molar refractivity (Wildman–Crippen MR) is 85.8 cm³/mol. The fourth-order valence-corrected chi connectivity index (χ4v) is 3.17. The van der Waals surface area contributed by atoms with E-state index < -0.39 is 6.10 Å². The third-order valence-electron chi connectivity index (χ3n) is 4.55. The van der Waals surface area contributed by atoms with Crippen LogP contribution >= 0.6 is 0 Å². The minimum atomic E-state index is -0.605. The molecule has 0 bridgehead atoms. The average Bonchev–Trinajstić information content (AvgIpc) is 2.60. The molecule has 0 saturated carbocycles. The van der Waals surface area contributed by atoms with Gasteiger partial charge in [-0.05, 0) is 38.1 Å². The second kappa shape index (κ2) is 7.19. The maximum Gasteiger partial charge on any atom is 0.264 e. The third-order valence-corrected chi connectivity index (χ3v) is 4.55. The number of carbonyl (C=O) groups is 1. The highest BCUT2D eigenvalue weighted by Crippen LogP contribution is 2.31. The van der Waals surface area contributed by atoms with Crippen molar-refractivity contribution in [1.82, 2.24) is 10.6 Å². The molecular weight excluding hydrogens is 296 g/mol. The Bertz CT molecular complexity index is 538. The molecule has 0 spiro atoms. The summed E-state index contributed by atoms with van der Waals surface area (Å²) in [4.78, 5) is 12.4. The molecule has 2 aliphatic rings. The molecule has 1 aromatic carbocycles. The van der Waals surface area contributed by atoms with Crippen LogP contribution in [0.2, 0.25) is 0 Å². The van der Waals surface area contributed by atoms with Gasteiger partial charge in [0.25, 0.3) is 5.91 Å². The van der Waals surface area contributed by atoms with Crippen molar-refractivity contribution in [2.75, 3.05) is 40.0 Å². The van der Waals surface area contributed by atoms with Crippen LogP contribution in [0.4, 0.5) is 0 Å². The monoisotopic (exact) mass is 320 g/mol. The summed E-state index contributed by atoms with van der Waals surface area (Å²) in [5.74, 6) is 1.17. The lowest BCUT2D eigenvalue weighted by Gasteiger charge is -2.37. The first kappa shape index (κ1) is 16.1. The second-order valence-electron chi connectivity index (χ2n) is 6.27. The van der Waals surface area contributed by atoms with Gasteiger partial charge in [0.1, 0.15) is 6.61 Å². The van der Waals surface area contributed by atoms with Gasteiger partial charge in [-0.3, -0.25) is 4.79 Å². The molecule has 1 aromatic rings. The highest BCUT2D eigenvalue weighted by molar-refractivity contribution is 5.81. The van der Waals surface area contributed by atoms with Crippen molar-refractivity contribution in [3.63, 3.8) is 0 Å². The van der Waals surface area contributed by atoms with Crippen molar-refractivity contribution in [3.8, 4) is 11.5 Å². The molecular formula is C17H24N2O4. The molecule has 0 aliphatic carbocycles. The van der Waals surface area contributed by atoms with Crippen LogP contribution in [-0.2, 0) is 9.53 Å². The van der Waals surface area contributed by atoms with Gasteiger partial charge in [-0.2, -0.15) is 0 Å². The van der Waals surface area contributed by atoms with E-state index in [1.807, 2.05) is 24.3 Å². The molecule has 2 aliphatic heterocycles. The minimum Gasteiger partial charge on any atom is -0.485 e. The zero-order valence-corrected chi connectivity index (χ0v) is 13.5. The van der Waals surface area contributed by atoms with E-state index in [-0.39, 0.29) is 17.9 Å². The van der Waals surface area contributed by atoms with Gasteiger partial charge in [0.2, 0.25) is 6.10 Å². The number of methoxy groups -OCH3 is 1. The van der Waals surface area contributed by atoms with Gasteiger partial charge in [0.05, 0.1) is 6.61 Å². The smallest absolute Gasteiger partial charge is 0.264 e. The first-order chi connectivity index (χ1) is 11.2. The van der Waals surface area contributed by atoms with E-state index in [1.165, 1.54) is 0 Å². The van der Waals surface area contributed by atoms with Crippen LogP contribution in [0.15, 0.2) is 24.3 Å². The summed E-state index contributed by atoms with van der Waals surface area (Å²) >= 11 is 0. The average molecular weight is 320 g/mol. The van der Waals surface area contributed by atoms with Crippen LogP contribution in [0.1, 0.15) is 12.8 Å². The lowest BCUT2D eigenvalue weighted by Crippen LogP contribution is -2.51. The molecule has 1 amide bonds. The largest absolute Gasteiger partial charge is 0.485 e. The molecule has 6 heteroatoms. The Morgan fingerprint density at radius 2 is 2.09 bits per heavy atom. The van der Waals surface area contributed by atoms with Crippen LogP contribution in [-0.4, -0.2) is 52.0 Å². The second-order valence-corrected chi connectivity index (χ2v) is 6.27. The number of hydrogen-bond acceptors (Lipinski definition) is 5. The first-order valence-electron chi connectivity index (χ1n) is 8.08. The predicted octanol–water partition coefficient (Wildman–Crippen LogP) is 0.959. The van der Waals surface area contributed by atoms with Crippen molar-refractivity contribution in [1.29, 1.82) is 0 Å². The highest BCUT2D eigenvalue weighted by Gasteiger charge is 2.34. The summed E-state index contributed by atoms with van der Waals surface area (Å²) in [6, 6.07) is 7.40. The number of ether oxygens (including phenoxy) is 3. The molecule has 1 atom stereocenters. The topological polar surface area (TPSA) is 68.8 Å². The maximum absolute atomic E-state index is 12.4. The summed E-state index contributed by atoms with van der Waals surface area (Å²) < 4.78 is 16.7. The molecule has 1 unspecified atom stereocenters. The lowest BCUT2D eigenvalue weighted by molar-refractivity contribution is -0.131. The molecule has 23 heavy (non-hydrogen) atoms. The zero-order chi connectivity index (χ0) is 16.1. The number of carbonyl (C=O) groups excluding carboxylic acids is 1. The summed E-state index contributed by atoms with van der Waals surface area (Å²) in [7, 11) is 1.71. The fourth-order valence-electron chi connectivity index (χ4n) is 3.17. The quantitative estimate of drug-likeness (QED) is 0.846.